The number of aromatic nitrogens is 1. The molecule has 0 bridgehead atoms. The molecule has 3 rings (SSSR count). The number of anilines is 1. The number of pyridine rings is 1. The molecule has 0 atom stereocenters. The van der Waals surface area contributed by atoms with Crippen molar-refractivity contribution in [2.24, 2.45) is 0 Å². The van der Waals surface area contributed by atoms with E-state index in [9.17, 15) is 4.79 Å². The molecule has 0 aliphatic heterocycles. The number of carbonyl (C=O) groups is 1. The van der Waals surface area contributed by atoms with Crippen molar-refractivity contribution in [3.05, 3.63) is 58.4 Å². The number of fused-ring (bicyclic) bond motifs is 1. The summed E-state index contributed by atoms with van der Waals surface area (Å²) in [6, 6.07) is 7.15. The summed E-state index contributed by atoms with van der Waals surface area (Å²) in [5, 5.41) is 4.23. The van der Waals surface area contributed by atoms with Gasteiger partial charge in [0.15, 0.2) is 0 Å². The molecule has 0 fully saturated rings. The molecule has 3 aromatic rings. The second kappa shape index (κ2) is 7.22. The summed E-state index contributed by atoms with van der Waals surface area (Å²) in [5.74, 6) is 1.68. The molecule has 1 amide bonds. The number of aryl methyl sites for hydroxylation is 2. The number of benzene rings is 1. The molecule has 0 saturated carbocycles. The molecule has 0 aliphatic rings. The molecule has 0 spiro atoms. The Labute approximate surface area is 156 Å². The summed E-state index contributed by atoms with van der Waals surface area (Å²) in [6.45, 7) is 5.80. The number of hydrogen-bond acceptors (Lipinski definition) is 4. The highest BCUT2D eigenvalue weighted by atomic mass is 35.5. The summed E-state index contributed by atoms with van der Waals surface area (Å²) >= 11 is 5.80. The lowest BCUT2D eigenvalue weighted by Gasteiger charge is -2.09. The topological polar surface area (TPSA) is 64.4 Å². The van der Waals surface area contributed by atoms with Crippen LogP contribution < -0.4 is 10.1 Å². The van der Waals surface area contributed by atoms with E-state index < -0.39 is 0 Å². The van der Waals surface area contributed by atoms with Crippen LogP contribution in [0.5, 0.6) is 5.75 Å². The number of amides is 1. The van der Waals surface area contributed by atoms with Crippen LogP contribution in [-0.2, 0) is 4.79 Å². The lowest BCUT2D eigenvalue weighted by Crippen LogP contribution is -2.09. The van der Waals surface area contributed by atoms with Crippen LogP contribution in [0.3, 0.4) is 0 Å². The maximum Gasteiger partial charge on any atom is 0.249 e. The lowest BCUT2D eigenvalue weighted by atomic mass is 10.0. The van der Waals surface area contributed by atoms with E-state index in [0.717, 1.165) is 33.4 Å². The maximum atomic E-state index is 12.3. The Balaban J connectivity index is 1.93. The molecular formula is C20H19ClN2O3. The van der Waals surface area contributed by atoms with Gasteiger partial charge in [-0.25, -0.2) is 4.98 Å². The predicted molar refractivity (Wildman–Crippen MR) is 104 cm³/mol. The largest absolute Gasteiger partial charge is 0.496 e. The summed E-state index contributed by atoms with van der Waals surface area (Å²) in [5.41, 5.74) is 3.45. The van der Waals surface area contributed by atoms with Gasteiger partial charge in [-0.1, -0.05) is 11.6 Å². The number of nitrogens with one attached hydrogen (secondary N) is 1. The van der Waals surface area contributed by atoms with Gasteiger partial charge in [0.1, 0.15) is 22.9 Å². The lowest BCUT2D eigenvalue weighted by molar-refractivity contribution is -0.111. The van der Waals surface area contributed by atoms with E-state index in [1.54, 1.807) is 19.2 Å². The molecule has 1 N–H and O–H groups in total. The zero-order valence-corrected chi connectivity index (χ0v) is 15.8. The van der Waals surface area contributed by atoms with Crippen molar-refractivity contribution in [2.75, 3.05) is 12.4 Å². The van der Waals surface area contributed by atoms with Gasteiger partial charge in [-0.15, -0.1) is 0 Å². The first-order valence-corrected chi connectivity index (χ1v) is 8.45. The zero-order chi connectivity index (χ0) is 18.8. The Morgan fingerprint density at radius 3 is 2.73 bits per heavy atom. The summed E-state index contributed by atoms with van der Waals surface area (Å²) in [7, 11) is 1.60. The van der Waals surface area contributed by atoms with Crippen molar-refractivity contribution in [1.29, 1.82) is 0 Å². The molecule has 0 radical (unpaired) electrons. The molecule has 6 heteroatoms. The van der Waals surface area contributed by atoms with Crippen LogP contribution in [0.1, 0.15) is 23.8 Å². The number of methoxy groups -OCH3 is 1. The van der Waals surface area contributed by atoms with Crippen molar-refractivity contribution in [3.63, 3.8) is 0 Å². The van der Waals surface area contributed by atoms with Gasteiger partial charge in [-0.3, -0.25) is 4.79 Å². The normalized spacial score (nSPS) is 11.7. The minimum Gasteiger partial charge on any atom is -0.496 e. The first kappa shape index (κ1) is 18.0. The van der Waals surface area contributed by atoms with E-state index in [2.05, 4.69) is 10.3 Å². The van der Waals surface area contributed by atoms with Crippen molar-refractivity contribution < 1.29 is 13.9 Å². The third kappa shape index (κ3) is 3.58. The fourth-order valence-electron chi connectivity index (χ4n) is 2.73. The Morgan fingerprint density at radius 1 is 1.31 bits per heavy atom. The van der Waals surface area contributed by atoms with Crippen LogP contribution >= 0.6 is 11.6 Å². The van der Waals surface area contributed by atoms with Crippen molar-refractivity contribution in [1.82, 2.24) is 4.98 Å². The number of hydrogen-bond donors (Lipinski definition) is 1. The zero-order valence-electron chi connectivity index (χ0n) is 15.0. The predicted octanol–water partition coefficient (Wildman–Crippen LogP) is 5.15. The van der Waals surface area contributed by atoms with E-state index in [1.807, 2.05) is 32.9 Å². The second-order valence-electron chi connectivity index (χ2n) is 6.01. The van der Waals surface area contributed by atoms with E-state index in [4.69, 9.17) is 20.8 Å². The monoisotopic (exact) mass is 370 g/mol. The first-order chi connectivity index (χ1) is 12.4. The smallest absolute Gasteiger partial charge is 0.249 e. The third-order valence-corrected chi connectivity index (χ3v) is 4.47. The van der Waals surface area contributed by atoms with Crippen LogP contribution in [0.15, 0.2) is 41.0 Å². The van der Waals surface area contributed by atoms with Gasteiger partial charge >= 0.3 is 0 Å². The molecule has 2 aromatic heterocycles. The summed E-state index contributed by atoms with van der Waals surface area (Å²) < 4.78 is 11.2. The van der Waals surface area contributed by atoms with Crippen LogP contribution in [0.2, 0.25) is 5.02 Å². The van der Waals surface area contributed by atoms with E-state index in [-0.39, 0.29) is 5.91 Å². The first-order valence-electron chi connectivity index (χ1n) is 8.08. The van der Waals surface area contributed by atoms with Gasteiger partial charge in [-0.05, 0) is 50.1 Å². The Hall–Kier alpha value is -2.79. The highest BCUT2D eigenvalue weighted by Crippen LogP contribution is 2.34. The molecule has 2 heterocycles. The molecule has 134 valence electrons. The van der Waals surface area contributed by atoms with E-state index in [0.29, 0.717) is 16.6 Å². The minimum absolute atomic E-state index is 0.278. The summed E-state index contributed by atoms with van der Waals surface area (Å²) in [4.78, 5) is 16.4. The average Bonchev–Trinajstić information content (AvgIpc) is 2.89. The molecule has 0 saturated heterocycles. The summed E-state index contributed by atoms with van der Waals surface area (Å²) in [6.07, 6.45) is 3.00. The Morgan fingerprint density at radius 2 is 2.08 bits per heavy atom. The van der Waals surface area contributed by atoms with Gasteiger partial charge in [0.2, 0.25) is 5.91 Å². The van der Waals surface area contributed by atoms with Crippen molar-refractivity contribution in [2.45, 2.75) is 20.8 Å². The Kier molecular flexibility index (Phi) is 5.00. The number of ether oxygens (including phenoxy) is 1. The fourth-order valence-corrected chi connectivity index (χ4v) is 2.85. The molecule has 0 aliphatic carbocycles. The Bertz CT molecular complexity index is 1000. The van der Waals surface area contributed by atoms with Gasteiger partial charge in [-0.2, -0.15) is 0 Å². The van der Waals surface area contributed by atoms with Crippen LogP contribution in [0.25, 0.3) is 16.5 Å². The molecule has 5 nitrogen and oxygen atoms in total. The van der Waals surface area contributed by atoms with Crippen LogP contribution in [0.4, 0.5) is 5.82 Å². The quantitative estimate of drug-likeness (QED) is 0.645. The van der Waals surface area contributed by atoms with Gasteiger partial charge in [0, 0.05) is 29.3 Å². The van der Waals surface area contributed by atoms with Crippen molar-refractivity contribution in [3.8, 4) is 5.75 Å². The molecule has 1 aromatic carbocycles. The maximum absolute atomic E-state index is 12.3. The van der Waals surface area contributed by atoms with E-state index in [1.165, 1.54) is 12.3 Å². The minimum atomic E-state index is -0.278. The van der Waals surface area contributed by atoms with Gasteiger partial charge in [0.05, 0.1) is 12.1 Å². The van der Waals surface area contributed by atoms with Gasteiger partial charge < -0.3 is 14.5 Å². The molecule has 0 unspecified atom stereocenters. The van der Waals surface area contributed by atoms with Crippen LogP contribution in [0, 0.1) is 13.8 Å². The number of carbonyl (C=O) groups excluding carboxylic acids is 1. The fraction of sp³-hybridized carbons (Fsp3) is 0.200. The number of allylic oxidation sites excluding steroid dienone is 1. The number of rotatable bonds is 4. The number of nitrogens with zero attached hydrogens (tertiary/aromatic N) is 1. The SMILES string of the molecule is COc1cc2oc(C)c(C)c2cc1/C(C)=C/C(=O)Nc1ccc(Cl)cn1. The molecular weight excluding hydrogens is 352 g/mol. The molecule has 26 heavy (non-hydrogen) atoms. The van der Waals surface area contributed by atoms with Gasteiger partial charge in [0.25, 0.3) is 0 Å². The third-order valence-electron chi connectivity index (χ3n) is 4.25. The van der Waals surface area contributed by atoms with Crippen LogP contribution in [-0.4, -0.2) is 18.0 Å². The second-order valence-corrected chi connectivity index (χ2v) is 6.45. The van der Waals surface area contributed by atoms with Crippen molar-refractivity contribution >= 4 is 39.9 Å². The average molecular weight is 371 g/mol. The highest BCUT2D eigenvalue weighted by Gasteiger charge is 2.14. The number of furan rings is 1. The highest BCUT2D eigenvalue weighted by molar-refractivity contribution is 6.30. The van der Waals surface area contributed by atoms with E-state index >= 15 is 0 Å². The standard InChI is InChI=1S/C20H19ClN2O3/c1-11(7-20(24)23-19-6-5-14(21)10-22-19)15-8-16-12(2)13(3)26-18(16)9-17(15)25-4/h5-10H,1-4H3,(H,22,23,24)/b11-7+. The number of halogens is 1.